The minimum absolute atomic E-state index is 0.0860. The predicted molar refractivity (Wildman–Crippen MR) is 102 cm³/mol. The number of fused-ring (bicyclic) bond motifs is 2. The van der Waals surface area contributed by atoms with Crippen molar-refractivity contribution in [3.8, 4) is 11.3 Å². The fourth-order valence-corrected chi connectivity index (χ4v) is 3.54. The Labute approximate surface area is 154 Å². The number of aryl methyl sites for hydroxylation is 1. The van der Waals surface area contributed by atoms with Crippen LogP contribution in [0.3, 0.4) is 0 Å². The Morgan fingerprint density at radius 1 is 0.926 bits per heavy atom. The van der Waals surface area contributed by atoms with Crippen LogP contribution in [-0.2, 0) is 0 Å². The first-order chi connectivity index (χ1) is 13.1. The molecule has 1 aliphatic carbocycles. The molecule has 0 spiro atoms. The molecule has 0 bridgehead atoms. The van der Waals surface area contributed by atoms with Crippen LogP contribution < -0.4 is 5.32 Å². The van der Waals surface area contributed by atoms with Crippen LogP contribution in [0.2, 0.25) is 0 Å². The molecule has 1 amide bonds. The van der Waals surface area contributed by atoms with E-state index in [1.807, 2.05) is 49.4 Å². The number of anilines is 1. The molecule has 3 aromatic carbocycles. The molecule has 0 saturated carbocycles. The van der Waals surface area contributed by atoms with E-state index < -0.39 is 0 Å². The number of amides is 1. The van der Waals surface area contributed by atoms with Gasteiger partial charge in [0.25, 0.3) is 5.91 Å². The van der Waals surface area contributed by atoms with E-state index in [1.54, 1.807) is 18.2 Å². The van der Waals surface area contributed by atoms with E-state index in [-0.39, 0.29) is 11.7 Å². The highest BCUT2D eigenvalue weighted by molar-refractivity contribution is 6.27. The summed E-state index contributed by atoms with van der Waals surface area (Å²) in [4.78, 5) is 25.7. The zero-order valence-corrected chi connectivity index (χ0v) is 14.4. The normalized spacial score (nSPS) is 12.1. The molecule has 0 saturated heterocycles. The third kappa shape index (κ3) is 2.22. The first kappa shape index (κ1) is 15.5. The molecule has 0 radical (unpaired) electrons. The minimum Gasteiger partial charge on any atom is -0.355 e. The third-order valence-electron chi connectivity index (χ3n) is 4.93. The summed E-state index contributed by atoms with van der Waals surface area (Å²) >= 11 is 0. The summed E-state index contributed by atoms with van der Waals surface area (Å²) < 4.78 is 5.55. The van der Waals surface area contributed by atoms with Crippen LogP contribution in [0.1, 0.15) is 31.8 Å². The second kappa shape index (κ2) is 5.64. The summed E-state index contributed by atoms with van der Waals surface area (Å²) in [5.41, 5.74) is 4.26. The number of hydrogen-bond donors (Lipinski definition) is 1. The minimum atomic E-state index is -0.290. The lowest BCUT2D eigenvalue weighted by atomic mass is 9.87. The Kier molecular flexibility index (Phi) is 3.24. The fraction of sp³-hybridized carbons (Fsp3) is 0.0455. The maximum atomic E-state index is 12.9. The highest BCUT2D eigenvalue weighted by Gasteiger charge is 2.30. The van der Waals surface area contributed by atoms with Gasteiger partial charge in [0.1, 0.15) is 5.52 Å². The first-order valence-electron chi connectivity index (χ1n) is 8.58. The SMILES string of the molecule is Cc1ccccc1NC(=O)c1ccc2c3c(onc13)-c1ccccc1C2=O. The molecule has 0 unspecified atom stereocenters. The van der Waals surface area contributed by atoms with Gasteiger partial charge in [-0.25, -0.2) is 0 Å². The summed E-state index contributed by atoms with van der Waals surface area (Å²) in [5.74, 6) is 0.153. The molecule has 5 nitrogen and oxygen atoms in total. The van der Waals surface area contributed by atoms with Gasteiger partial charge in [0.15, 0.2) is 11.5 Å². The highest BCUT2D eigenvalue weighted by Crippen LogP contribution is 2.40. The van der Waals surface area contributed by atoms with Crippen molar-refractivity contribution in [3.05, 3.63) is 82.9 Å². The van der Waals surface area contributed by atoms with E-state index in [4.69, 9.17) is 4.52 Å². The third-order valence-corrected chi connectivity index (χ3v) is 4.93. The van der Waals surface area contributed by atoms with Gasteiger partial charge in [-0.2, -0.15) is 0 Å². The Morgan fingerprint density at radius 3 is 2.48 bits per heavy atom. The van der Waals surface area contributed by atoms with E-state index in [9.17, 15) is 9.59 Å². The van der Waals surface area contributed by atoms with Crippen molar-refractivity contribution < 1.29 is 14.1 Å². The van der Waals surface area contributed by atoms with Crippen LogP contribution in [0.4, 0.5) is 5.69 Å². The smallest absolute Gasteiger partial charge is 0.258 e. The number of rotatable bonds is 2. The van der Waals surface area contributed by atoms with Gasteiger partial charge in [-0.1, -0.05) is 47.6 Å². The summed E-state index contributed by atoms with van der Waals surface area (Å²) in [5, 5.41) is 7.62. The Bertz CT molecular complexity index is 1250. The molecular formula is C22H14N2O3. The number of para-hydroxylation sites is 1. The van der Waals surface area contributed by atoms with Gasteiger partial charge in [0, 0.05) is 22.4 Å². The molecule has 0 aliphatic heterocycles. The number of carbonyl (C=O) groups is 2. The number of carbonyl (C=O) groups excluding carboxylic acids is 2. The molecule has 1 N–H and O–H groups in total. The molecule has 27 heavy (non-hydrogen) atoms. The number of hydrogen-bond acceptors (Lipinski definition) is 4. The van der Waals surface area contributed by atoms with Crippen molar-refractivity contribution in [3.63, 3.8) is 0 Å². The Balaban J connectivity index is 1.66. The predicted octanol–water partition coefficient (Wildman–Crippen LogP) is 4.60. The molecule has 1 aliphatic rings. The standard InChI is InChI=1S/C22H14N2O3/c1-12-6-2-5-9-17(12)23-22(26)16-11-10-15-18-19(16)24-27-21(18)14-8-4-3-7-13(14)20(15)25/h2-11H,1H3,(H,23,26). The molecule has 130 valence electrons. The maximum absolute atomic E-state index is 12.9. The van der Waals surface area contributed by atoms with Crippen LogP contribution in [0, 0.1) is 6.92 Å². The molecule has 4 aromatic rings. The molecule has 5 heteroatoms. The molecular weight excluding hydrogens is 340 g/mol. The number of nitrogens with zero attached hydrogens (tertiary/aromatic N) is 1. The summed E-state index contributed by atoms with van der Waals surface area (Å²) in [7, 11) is 0. The summed E-state index contributed by atoms with van der Waals surface area (Å²) in [6.07, 6.45) is 0. The van der Waals surface area contributed by atoms with E-state index >= 15 is 0 Å². The number of aromatic nitrogens is 1. The topological polar surface area (TPSA) is 72.2 Å². The Morgan fingerprint density at radius 2 is 1.67 bits per heavy atom. The van der Waals surface area contributed by atoms with Gasteiger partial charge in [-0.05, 0) is 30.7 Å². The zero-order valence-electron chi connectivity index (χ0n) is 14.4. The quantitative estimate of drug-likeness (QED) is 0.503. The highest BCUT2D eigenvalue weighted by atomic mass is 16.5. The summed E-state index contributed by atoms with van der Waals surface area (Å²) in [6, 6.07) is 18.1. The monoisotopic (exact) mass is 354 g/mol. The van der Waals surface area contributed by atoms with Gasteiger partial charge in [0.2, 0.25) is 0 Å². The zero-order chi connectivity index (χ0) is 18.5. The lowest BCUT2D eigenvalue weighted by molar-refractivity contribution is 0.102. The van der Waals surface area contributed by atoms with E-state index in [0.717, 1.165) is 11.3 Å². The van der Waals surface area contributed by atoms with Gasteiger partial charge < -0.3 is 9.84 Å². The van der Waals surface area contributed by atoms with E-state index in [1.165, 1.54) is 0 Å². The van der Waals surface area contributed by atoms with E-state index in [2.05, 4.69) is 10.5 Å². The van der Waals surface area contributed by atoms with Gasteiger partial charge in [-0.15, -0.1) is 0 Å². The summed E-state index contributed by atoms with van der Waals surface area (Å²) in [6.45, 7) is 1.93. The molecule has 0 fully saturated rings. The van der Waals surface area contributed by atoms with Crippen LogP contribution in [0.15, 0.2) is 65.2 Å². The first-order valence-corrected chi connectivity index (χ1v) is 8.58. The lowest BCUT2D eigenvalue weighted by Gasteiger charge is -2.14. The largest absolute Gasteiger partial charge is 0.355 e. The lowest BCUT2D eigenvalue weighted by Crippen LogP contribution is -2.15. The molecule has 5 rings (SSSR count). The maximum Gasteiger partial charge on any atom is 0.258 e. The van der Waals surface area contributed by atoms with Crippen molar-refractivity contribution in [2.75, 3.05) is 5.32 Å². The van der Waals surface area contributed by atoms with Crippen molar-refractivity contribution in [2.24, 2.45) is 0 Å². The number of ketones is 1. The van der Waals surface area contributed by atoms with E-state index in [0.29, 0.717) is 38.9 Å². The van der Waals surface area contributed by atoms with Crippen LogP contribution >= 0.6 is 0 Å². The second-order valence-electron chi connectivity index (χ2n) is 6.54. The van der Waals surface area contributed by atoms with Crippen LogP contribution in [0.5, 0.6) is 0 Å². The van der Waals surface area contributed by atoms with Crippen molar-refractivity contribution in [2.45, 2.75) is 6.92 Å². The van der Waals surface area contributed by atoms with Gasteiger partial charge in [-0.3, -0.25) is 9.59 Å². The van der Waals surface area contributed by atoms with Crippen LogP contribution in [0.25, 0.3) is 22.2 Å². The average molecular weight is 354 g/mol. The van der Waals surface area contributed by atoms with Gasteiger partial charge >= 0.3 is 0 Å². The van der Waals surface area contributed by atoms with Crippen molar-refractivity contribution in [1.82, 2.24) is 5.16 Å². The molecule has 0 atom stereocenters. The second-order valence-corrected chi connectivity index (χ2v) is 6.54. The van der Waals surface area contributed by atoms with Crippen LogP contribution in [-0.4, -0.2) is 16.8 Å². The number of benzene rings is 3. The van der Waals surface area contributed by atoms with Crippen molar-refractivity contribution >= 4 is 28.3 Å². The van der Waals surface area contributed by atoms with Crippen molar-refractivity contribution in [1.29, 1.82) is 0 Å². The molecule has 1 heterocycles. The number of nitrogens with one attached hydrogen (secondary N) is 1. The molecule has 1 aromatic heterocycles. The average Bonchev–Trinajstić information content (AvgIpc) is 3.13. The Hall–Kier alpha value is -3.73. The van der Waals surface area contributed by atoms with Gasteiger partial charge in [0.05, 0.1) is 10.9 Å². The fourth-order valence-electron chi connectivity index (χ4n) is 3.54.